The lowest BCUT2D eigenvalue weighted by Gasteiger charge is -2.13. The number of nitrogens with zero attached hydrogens (tertiary/aromatic N) is 1. The second kappa shape index (κ2) is 5.09. The van der Waals surface area contributed by atoms with Crippen molar-refractivity contribution in [1.82, 2.24) is 4.98 Å². The SMILES string of the molecule is CC(C)C(Cl)c1nc2c(C(F)(F)F)cccc2c(=O)o1. The number of hydrogen-bond donors (Lipinski definition) is 0. The first-order chi connectivity index (χ1) is 9.21. The molecule has 0 amide bonds. The molecule has 1 unspecified atom stereocenters. The first-order valence-electron chi connectivity index (χ1n) is 5.87. The van der Waals surface area contributed by atoms with E-state index in [-0.39, 0.29) is 17.2 Å². The Balaban J connectivity index is 2.78. The molecule has 0 N–H and O–H groups in total. The smallest absolute Gasteiger partial charge is 0.406 e. The van der Waals surface area contributed by atoms with E-state index < -0.39 is 28.3 Å². The Hall–Kier alpha value is -1.56. The fourth-order valence-electron chi connectivity index (χ4n) is 1.74. The van der Waals surface area contributed by atoms with Gasteiger partial charge >= 0.3 is 11.8 Å². The van der Waals surface area contributed by atoms with Crippen molar-refractivity contribution in [3.63, 3.8) is 0 Å². The van der Waals surface area contributed by atoms with E-state index in [2.05, 4.69) is 4.98 Å². The van der Waals surface area contributed by atoms with Gasteiger partial charge in [-0.1, -0.05) is 19.9 Å². The molecule has 2 aromatic rings. The third kappa shape index (κ3) is 2.65. The normalized spacial score (nSPS) is 13.9. The maximum absolute atomic E-state index is 12.9. The summed E-state index contributed by atoms with van der Waals surface area (Å²) in [6.45, 7) is 3.50. The van der Waals surface area contributed by atoms with Gasteiger partial charge < -0.3 is 4.42 Å². The van der Waals surface area contributed by atoms with Crippen molar-refractivity contribution < 1.29 is 17.6 Å². The van der Waals surface area contributed by atoms with Gasteiger partial charge in [0.2, 0.25) is 5.89 Å². The summed E-state index contributed by atoms with van der Waals surface area (Å²) in [5, 5.41) is -0.982. The standard InChI is InChI=1S/C13H11ClF3NO2/c1-6(2)9(14)11-18-10-7(12(19)20-11)4-3-5-8(10)13(15,16)17/h3-6,9H,1-2H3. The minimum Gasteiger partial charge on any atom is -0.406 e. The van der Waals surface area contributed by atoms with Crippen molar-refractivity contribution in [2.75, 3.05) is 0 Å². The molecule has 1 heterocycles. The predicted octanol–water partition coefficient (Wildman–Crippen LogP) is 4.14. The molecular formula is C13H11ClF3NO2. The fraction of sp³-hybridized carbons (Fsp3) is 0.385. The molecule has 0 saturated heterocycles. The van der Waals surface area contributed by atoms with Gasteiger partial charge in [0, 0.05) is 0 Å². The summed E-state index contributed by atoms with van der Waals surface area (Å²) in [4.78, 5) is 15.6. The van der Waals surface area contributed by atoms with Crippen molar-refractivity contribution >= 4 is 22.5 Å². The molecule has 0 aliphatic rings. The second-order valence-electron chi connectivity index (χ2n) is 4.68. The number of aromatic nitrogens is 1. The van der Waals surface area contributed by atoms with Gasteiger partial charge in [0.15, 0.2) is 0 Å². The van der Waals surface area contributed by atoms with Crippen molar-refractivity contribution in [3.05, 3.63) is 40.1 Å². The van der Waals surface area contributed by atoms with E-state index in [4.69, 9.17) is 16.0 Å². The zero-order valence-corrected chi connectivity index (χ0v) is 11.4. The molecule has 1 aromatic heterocycles. The van der Waals surface area contributed by atoms with Crippen LogP contribution in [0, 0.1) is 5.92 Å². The Bertz CT molecular complexity index is 694. The van der Waals surface area contributed by atoms with Gasteiger partial charge in [-0.05, 0) is 18.1 Å². The summed E-state index contributed by atoms with van der Waals surface area (Å²) < 4.78 is 43.7. The first kappa shape index (κ1) is 14.8. The average molecular weight is 306 g/mol. The molecule has 7 heteroatoms. The summed E-state index contributed by atoms with van der Waals surface area (Å²) >= 11 is 6.00. The van der Waals surface area contributed by atoms with E-state index in [1.165, 1.54) is 6.07 Å². The highest BCUT2D eigenvalue weighted by Crippen LogP contribution is 2.34. The molecule has 0 bridgehead atoms. The lowest BCUT2D eigenvalue weighted by molar-refractivity contribution is -0.136. The molecule has 108 valence electrons. The zero-order chi connectivity index (χ0) is 15.1. The lowest BCUT2D eigenvalue weighted by Crippen LogP contribution is -2.13. The van der Waals surface area contributed by atoms with Crippen molar-refractivity contribution in [2.45, 2.75) is 25.4 Å². The Morgan fingerprint density at radius 2 is 1.95 bits per heavy atom. The van der Waals surface area contributed by atoms with Crippen LogP contribution >= 0.6 is 11.6 Å². The van der Waals surface area contributed by atoms with Gasteiger partial charge in [-0.2, -0.15) is 13.2 Å². The molecule has 0 aliphatic carbocycles. The quantitative estimate of drug-likeness (QED) is 0.783. The van der Waals surface area contributed by atoms with Gasteiger partial charge in [-0.15, -0.1) is 11.6 Å². The van der Waals surface area contributed by atoms with Crippen LogP contribution in [0.5, 0.6) is 0 Å². The summed E-state index contributed by atoms with van der Waals surface area (Å²) in [6, 6.07) is 3.26. The number of benzene rings is 1. The van der Waals surface area contributed by atoms with Crippen LogP contribution in [0.3, 0.4) is 0 Å². The third-order valence-electron chi connectivity index (χ3n) is 2.80. The summed E-state index contributed by atoms with van der Waals surface area (Å²) in [5.41, 5.74) is -2.28. The number of halogens is 4. The second-order valence-corrected chi connectivity index (χ2v) is 5.16. The van der Waals surface area contributed by atoms with E-state index >= 15 is 0 Å². The number of fused-ring (bicyclic) bond motifs is 1. The van der Waals surface area contributed by atoms with E-state index in [0.29, 0.717) is 0 Å². The lowest BCUT2D eigenvalue weighted by atomic mass is 10.1. The fourth-order valence-corrected chi connectivity index (χ4v) is 1.84. The monoisotopic (exact) mass is 305 g/mol. The molecular weight excluding hydrogens is 295 g/mol. The third-order valence-corrected chi connectivity index (χ3v) is 3.49. The van der Waals surface area contributed by atoms with Crippen LogP contribution in [0.25, 0.3) is 10.9 Å². The van der Waals surface area contributed by atoms with Gasteiger partial charge in [-0.3, -0.25) is 0 Å². The molecule has 20 heavy (non-hydrogen) atoms. The first-order valence-corrected chi connectivity index (χ1v) is 6.30. The number of para-hydroxylation sites is 1. The molecule has 1 atom stereocenters. The van der Waals surface area contributed by atoms with Gasteiger partial charge in [0.05, 0.1) is 16.5 Å². The molecule has 0 spiro atoms. The summed E-state index contributed by atoms with van der Waals surface area (Å²) in [6.07, 6.45) is -4.60. The van der Waals surface area contributed by atoms with Crippen molar-refractivity contribution in [2.24, 2.45) is 5.92 Å². The molecule has 1 aromatic carbocycles. The van der Waals surface area contributed by atoms with E-state index in [0.717, 1.165) is 12.1 Å². The summed E-state index contributed by atoms with van der Waals surface area (Å²) in [5.74, 6) is -0.335. The molecule has 2 rings (SSSR count). The Morgan fingerprint density at radius 3 is 2.50 bits per heavy atom. The van der Waals surface area contributed by atoms with Crippen LogP contribution in [0.4, 0.5) is 13.2 Å². The Labute approximate surface area is 117 Å². The Morgan fingerprint density at radius 1 is 1.30 bits per heavy atom. The van der Waals surface area contributed by atoms with E-state index in [1.807, 2.05) is 0 Å². The highest BCUT2D eigenvalue weighted by Gasteiger charge is 2.34. The molecule has 3 nitrogen and oxygen atoms in total. The largest absolute Gasteiger partial charge is 0.418 e. The minimum atomic E-state index is -4.60. The molecule has 0 aliphatic heterocycles. The van der Waals surface area contributed by atoms with E-state index in [1.54, 1.807) is 13.8 Å². The zero-order valence-electron chi connectivity index (χ0n) is 10.7. The van der Waals surface area contributed by atoms with Gasteiger partial charge in [-0.25, -0.2) is 9.78 Å². The van der Waals surface area contributed by atoms with Crippen molar-refractivity contribution in [3.8, 4) is 0 Å². The van der Waals surface area contributed by atoms with Crippen LogP contribution in [-0.4, -0.2) is 4.98 Å². The van der Waals surface area contributed by atoms with Crippen LogP contribution in [-0.2, 0) is 6.18 Å². The number of alkyl halides is 4. The van der Waals surface area contributed by atoms with Crippen LogP contribution in [0.1, 0.15) is 30.7 Å². The number of hydrogen-bond acceptors (Lipinski definition) is 3. The maximum atomic E-state index is 12.9. The molecule has 0 saturated carbocycles. The molecule has 0 fully saturated rings. The van der Waals surface area contributed by atoms with E-state index in [9.17, 15) is 18.0 Å². The van der Waals surface area contributed by atoms with Crippen molar-refractivity contribution in [1.29, 1.82) is 0 Å². The Kier molecular flexibility index (Phi) is 3.77. The average Bonchev–Trinajstić information content (AvgIpc) is 2.35. The van der Waals surface area contributed by atoms with Gasteiger partial charge in [0.1, 0.15) is 5.38 Å². The highest BCUT2D eigenvalue weighted by molar-refractivity contribution is 6.20. The highest BCUT2D eigenvalue weighted by atomic mass is 35.5. The summed E-state index contributed by atoms with van der Waals surface area (Å²) in [7, 11) is 0. The molecule has 0 radical (unpaired) electrons. The van der Waals surface area contributed by atoms with Crippen LogP contribution in [0.15, 0.2) is 27.4 Å². The van der Waals surface area contributed by atoms with Crippen LogP contribution in [0.2, 0.25) is 0 Å². The number of rotatable bonds is 2. The topological polar surface area (TPSA) is 43.1 Å². The van der Waals surface area contributed by atoms with Gasteiger partial charge in [0.25, 0.3) is 0 Å². The minimum absolute atomic E-state index is 0.136. The predicted molar refractivity (Wildman–Crippen MR) is 68.7 cm³/mol. The maximum Gasteiger partial charge on any atom is 0.418 e. The van der Waals surface area contributed by atoms with Crippen LogP contribution < -0.4 is 5.63 Å².